The summed E-state index contributed by atoms with van der Waals surface area (Å²) in [4.78, 5) is 8.97. The number of nitrogens with zero attached hydrogens (tertiary/aromatic N) is 3. The van der Waals surface area contributed by atoms with Crippen LogP contribution in [-0.4, -0.2) is 21.2 Å². The van der Waals surface area contributed by atoms with Crippen molar-refractivity contribution in [1.29, 1.82) is 0 Å². The van der Waals surface area contributed by atoms with Gasteiger partial charge in [0.1, 0.15) is 16.9 Å². The van der Waals surface area contributed by atoms with Gasteiger partial charge in [-0.1, -0.05) is 13.8 Å². The van der Waals surface area contributed by atoms with Gasteiger partial charge in [-0.2, -0.15) is 0 Å². The van der Waals surface area contributed by atoms with Gasteiger partial charge in [0.15, 0.2) is 5.82 Å². The molecule has 0 radical (unpaired) electrons. The van der Waals surface area contributed by atoms with Gasteiger partial charge in [0.2, 0.25) is 0 Å². The fraction of sp³-hybridized carbons (Fsp3) is 0.500. The number of nitrogens with two attached hydrogens (primary N) is 2. The molecule has 0 spiro atoms. The first-order valence-electron chi connectivity index (χ1n) is 6.29. The molecule has 5 N–H and O–H groups in total. The molecule has 0 saturated heterocycles. The van der Waals surface area contributed by atoms with Crippen LogP contribution in [0, 0.1) is 0 Å². The first kappa shape index (κ1) is 11.1. The number of pyridine rings is 1. The summed E-state index contributed by atoms with van der Waals surface area (Å²) in [6, 6.07) is 0. The maximum absolute atomic E-state index is 6.16. The largest absolute Gasteiger partial charge is 0.382 e. The number of fused-ring (bicyclic) bond motifs is 3. The van der Waals surface area contributed by atoms with Crippen LogP contribution in [0.3, 0.4) is 0 Å². The highest BCUT2D eigenvalue weighted by Gasteiger charge is 2.22. The smallest absolute Gasteiger partial charge is 0.152 e. The van der Waals surface area contributed by atoms with E-state index < -0.39 is 0 Å². The third-order valence-corrected chi connectivity index (χ3v) is 3.37. The number of anilines is 2. The maximum atomic E-state index is 6.16. The minimum atomic E-state index is 0.251. The summed E-state index contributed by atoms with van der Waals surface area (Å²) in [6.45, 7) is 5.07. The number of imidazole rings is 1. The Bertz CT molecular complexity index is 613. The summed E-state index contributed by atoms with van der Waals surface area (Å²) in [5.74, 6) is 7.72. The van der Waals surface area contributed by atoms with Gasteiger partial charge in [-0.25, -0.2) is 14.6 Å². The standard InChI is InChI=1S/C12H18N6/c1-6(2)12-17-9-10(18(12)14)8-7(16-11(9)13)4-3-5-15-8/h6,15H,3-5,14H2,1-2H3,(H2,13,16). The molecule has 2 aromatic heterocycles. The van der Waals surface area contributed by atoms with Crippen molar-refractivity contribution in [2.24, 2.45) is 0 Å². The van der Waals surface area contributed by atoms with E-state index in [2.05, 4.69) is 29.1 Å². The second-order valence-electron chi connectivity index (χ2n) is 5.04. The van der Waals surface area contributed by atoms with E-state index in [0.717, 1.165) is 42.1 Å². The Kier molecular flexibility index (Phi) is 2.33. The summed E-state index contributed by atoms with van der Waals surface area (Å²) in [7, 11) is 0. The molecule has 18 heavy (non-hydrogen) atoms. The summed E-state index contributed by atoms with van der Waals surface area (Å²) < 4.78 is 1.65. The molecule has 6 nitrogen and oxygen atoms in total. The topological polar surface area (TPSA) is 94.8 Å². The molecule has 2 aromatic rings. The van der Waals surface area contributed by atoms with Crippen molar-refractivity contribution in [3.63, 3.8) is 0 Å². The molecule has 0 amide bonds. The van der Waals surface area contributed by atoms with Gasteiger partial charge in [0.25, 0.3) is 0 Å². The van der Waals surface area contributed by atoms with Crippen molar-refractivity contribution in [3.05, 3.63) is 11.5 Å². The number of aryl methyl sites for hydroxylation is 1. The van der Waals surface area contributed by atoms with Gasteiger partial charge in [-0.05, 0) is 12.8 Å². The lowest BCUT2D eigenvalue weighted by Crippen LogP contribution is -2.18. The second kappa shape index (κ2) is 3.76. The molecule has 0 unspecified atom stereocenters. The molecule has 0 bridgehead atoms. The Morgan fingerprint density at radius 1 is 1.33 bits per heavy atom. The molecule has 0 aromatic carbocycles. The molecule has 0 aliphatic carbocycles. The predicted octanol–water partition coefficient (Wildman–Crippen LogP) is 1.21. The van der Waals surface area contributed by atoms with Crippen molar-refractivity contribution in [2.75, 3.05) is 23.4 Å². The maximum Gasteiger partial charge on any atom is 0.152 e. The van der Waals surface area contributed by atoms with Gasteiger partial charge in [-0.3, -0.25) is 0 Å². The zero-order chi connectivity index (χ0) is 12.9. The second-order valence-corrected chi connectivity index (χ2v) is 5.04. The minimum absolute atomic E-state index is 0.251. The van der Waals surface area contributed by atoms with Gasteiger partial charge in [0.05, 0.1) is 11.4 Å². The third-order valence-electron chi connectivity index (χ3n) is 3.37. The Morgan fingerprint density at radius 3 is 2.83 bits per heavy atom. The van der Waals surface area contributed by atoms with Crippen LogP contribution < -0.4 is 16.9 Å². The zero-order valence-corrected chi connectivity index (χ0v) is 10.7. The van der Waals surface area contributed by atoms with Crippen LogP contribution in [-0.2, 0) is 6.42 Å². The molecule has 0 atom stereocenters. The van der Waals surface area contributed by atoms with E-state index >= 15 is 0 Å². The predicted molar refractivity (Wildman–Crippen MR) is 73.0 cm³/mol. The van der Waals surface area contributed by atoms with E-state index in [-0.39, 0.29) is 5.92 Å². The number of hydrogen-bond acceptors (Lipinski definition) is 5. The lowest BCUT2D eigenvalue weighted by atomic mass is 10.1. The highest BCUT2D eigenvalue weighted by Crippen LogP contribution is 2.33. The van der Waals surface area contributed by atoms with Gasteiger partial charge in [-0.15, -0.1) is 0 Å². The van der Waals surface area contributed by atoms with E-state index in [9.17, 15) is 0 Å². The monoisotopic (exact) mass is 246 g/mol. The van der Waals surface area contributed by atoms with Crippen LogP contribution in [0.5, 0.6) is 0 Å². The van der Waals surface area contributed by atoms with E-state index in [1.165, 1.54) is 0 Å². The van der Waals surface area contributed by atoms with E-state index in [1.807, 2.05) is 0 Å². The Labute approximate surface area is 105 Å². The average Bonchev–Trinajstić information content (AvgIpc) is 2.69. The Morgan fingerprint density at radius 2 is 2.11 bits per heavy atom. The Hall–Kier alpha value is -1.98. The highest BCUT2D eigenvalue weighted by molar-refractivity contribution is 5.96. The first-order valence-corrected chi connectivity index (χ1v) is 6.29. The van der Waals surface area contributed by atoms with Crippen LogP contribution in [0.15, 0.2) is 0 Å². The quantitative estimate of drug-likeness (QED) is 0.657. The summed E-state index contributed by atoms with van der Waals surface area (Å²) in [5, 5.41) is 3.37. The molecule has 96 valence electrons. The number of nitrogen functional groups attached to an aromatic ring is 2. The fourth-order valence-electron chi connectivity index (χ4n) is 2.50. The van der Waals surface area contributed by atoms with E-state index in [4.69, 9.17) is 11.6 Å². The first-order chi connectivity index (χ1) is 8.59. The lowest BCUT2D eigenvalue weighted by Gasteiger charge is -2.18. The molecule has 6 heteroatoms. The third kappa shape index (κ3) is 1.41. The average molecular weight is 246 g/mol. The number of aromatic nitrogens is 3. The fourth-order valence-corrected chi connectivity index (χ4v) is 2.50. The summed E-state index contributed by atoms with van der Waals surface area (Å²) in [6.07, 6.45) is 2.01. The van der Waals surface area contributed by atoms with Crippen molar-refractivity contribution >= 4 is 22.5 Å². The van der Waals surface area contributed by atoms with Crippen LogP contribution in [0.2, 0.25) is 0 Å². The van der Waals surface area contributed by atoms with Gasteiger partial charge >= 0.3 is 0 Å². The summed E-state index contributed by atoms with van der Waals surface area (Å²) in [5.41, 5.74) is 9.56. The van der Waals surface area contributed by atoms with Crippen molar-refractivity contribution in [1.82, 2.24) is 14.6 Å². The molecule has 1 aliphatic heterocycles. The molecule has 3 heterocycles. The molecule has 0 fully saturated rings. The minimum Gasteiger partial charge on any atom is -0.382 e. The van der Waals surface area contributed by atoms with Crippen LogP contribution in [0.25, 0.3) is 11.0 Å². The van der Waals surface area contributed by atoms with E-state index in [1.54, 1.807) is 4.68 Å². The molecule has 3 rings (SSSR count). The molecular weight excluding hydrogens is 228 g/mol. The molecule has 1 aliphatic rings. The highest BCUT2D eigenvalue weighted by atomic mass is 15.3. The lowest BCUT2D eigenvalue weighted by molar-refractivity contribution is 0.744. The van der Waals surface area contributed by atoms with E-state index in [0.29, 0.717) is 11.3 Å². The normalized spacial score (nSPS) is 14.8. The van der Waals surface area contributed by atoms with Crippen LogP contribution >= 0.6 is 0 Å². The molecular formula is C12H18N6. The van der Waals surface area contributed by atoms with Crippen molar-refractivity contribution in [3.8, 4) is 0 Å². The van der Waals surface area contributed by atoms with Crippen molar-refractivity contribution < 1.29 is 0 Å². The number of hydrogen-bond donors (Lipinski definition) is 3. The summed E-state index contributed by atoms with van der Waals surface area (Å²) >= 11 is 0. The number of nitrogens with one attached hydrogen (secondary N) is 1. The van der Waals surface area contributed by atoms with Gasteiger partial charge < -0.3 is 16.9 Å². The number of rotatable bonds is 1. The zero-order valence-electron chi connectivity index (χ0n) is 10.7. The van der Waals surface area contributed by atoms with Crippen LogP contribution in [0.1, 0.15) is 37.7 Å². The van der Waals surface area contributed by atoms with Crippen LogP contribution in [0.4, 0.5) is 11.5 Å². The van der Waals surface area contributed by atoms with Crippen molar-refractivity contribution in [2.45, 2.75) is 32.6 Å². The van der Waals surface area contributed by atoms with Gasteiger partial charge in [0, 0.05) is 12.5 Å². The Balaban J connectivity index is 2.37. The molecule has 0 saturated carbocycles. The SMILES string of the molecule is CC(C)c1nc2c(N)nc3c(c2n1N)NCCC3.